The van der Waals surface area contributed by atoms with Crippen LogP contribution in [0.4, 0.5) is 0 Å². The van der Waals surface area contributed by atoms with Crippen LogP contribution in [0, 0.1) is 5.92 Å². The van der Waals surface area contributed by atoms with Gasteiger partial charge in [0.25, 0.3) is 11.8 Å². The molecule has 0 saturated heterocycles. The molecule has 0 bridgehead atoms. The van der Waals surface area contributed by atoms with Gasteiger partial charge in [0, 0.05) is 24.2 Å². The van der Waals surface area contributed by atoms with E-state index in [2.05, 4.69) is 10.6 Å². The number of carbonyl (C=O) groups excluding carboxylic acids is 3. The molecule has 1 aromatic rings. The van der Waals surface area contributed by atoms with Gasteiger partial charge in [-0.2, -0.15) is 0 Å². The molecule has 35 heavy (non-hydrogen) atoms. The maximum atomic E-state index is 12.4. The predicted octanol–water partition coefficient (Wildman–Crippen LogP) is 4.13. The summed E-state index contributed by atoms with van der Waals surface area (Å²) >= 11 is 12.4. The smallest absolute Gasteiger partial charge is 0.308 e. The fraction of sp³-hybridized carbons (Fsp3) is 0.500. The lowest BCUT2D eigenvalue weighted by molar-refractivity contribution is -0.149. The Morgan fingerprint density at radius 2 is 1.66 bits per heavy atom. The van der Waals surface area contributed by atoms with E-state index in [0.717, 1.165) is 25.7 Å². The topological polar surface area (TPSA) is 93.7 Å². The number of alkyl halides is 2. The SMILES string of the molecule is CCOC(=O)C1CCC(Oc2ccc(C(=O)NCCNC(=O)C3=CC(C)(Cl)C(Cl)C=C3)cc2)CC1. The van der Waals surface area contributed by atoms with Gasteiger partial charge in [0.2, 0.25) is 0 Å². The average Bonchev–Trinajstić information content (AvgIpc) is 2.84. The molecule has 0 aromatic heterocycles. The van der Waals surface area contributed by atoms with Gasteiger partial charge in [-0.1, -0.05) is 12.2 Å². The van der Waals surface area contributed by atoms with Crippen molar-refractivity contribution in [2.75, 3.05) is 19.7 Å². The number of halogens is 2. The first-order valence-electron chi connectivity index (χ1n) is 11.9. The molecule has 7 nitrogen and oxygen atoms in total. The summed E-state index contributed by atoms with van der Waals surface area (Å²) in [6.07, 6.45) is 8.11. The number of ether oxygens (including phenoxy) is 2. The first-order valence-corrected chi connectivity index (χ1v) is 12.7. The molecule has 0 spiro atoms. The molecule has 2 aliphatic rings. The number of hydrogen-bond donors (Lipinski definition) is 2. The maximum Gasteiger partial charge on any atom is 0.308 e. The highest BCUT2D eigenvalue weighted by atomic mass is 35.5. The highest BCUT2D eigenvalue weighted by molar-refractivity contribution is 6.34. The summed E-state index contributed by atoms with van der Waals surface area (Å²) in [4.78, 5) is 35.7. The molecular formula is C26H32Cl2N2O5. The third-order valence-electron chi connectivity index (χ3n) is 6.09. The van der Waals surface area contributed by atoms with Crippen molar-refractivity contribution < 1.29 is 23.9 Å². The summed E-state index contributed by atoms with van der Waals surface area (Å²) in [6.45, 7) is 4.52. The van der Waals surface area contributed by atoms with Crippen molar-refractivity contribution in [2.45, 2.75) is 55.9 Å². The molecule has 1 aromatic carbocycles. The number of nitrogens with one attached hydrogen (secondary N) is 2. The van der Waals surface area contributed by atoms with Gasteiger partial charge < -0.3 is 20.1 Å². The van der Waals surface area contributed by atoms with E-state index in [-0.39, 0.29) is 48.3 Å². The van der Waals surface area contributed by atoms with E-state index in [1.54, 1.807) is 49.4 Å². The first kappa shape index (κ1) is 27.1. The Kier molecular flexibility index (Phi) is 9.63. The van der Waals surface area contributed by atoms with Gasteiger partial charge in [0.1, 0.15) is 5.75 Å². The number of esters is 1. The van der Waals surface area contributed by atoms with Crippen molar-refractivity contribution in [3.05, 3.63) is 53.6 Å². The van der Waals surface area contributed by atoms with Crippen LogP contribution in [0.5, 0.6) is 5.75 Å². The van der Waals surface area contributed by atoms with E-state index in [0.29, 0.717) is 23.5 Å². The Balaban J connectivity index is 1.38. The zero-order valence-electron chi connectivity index (χ0n) is 20.0. The van der Waals surface area contributed by atoms with Crippen LogP contribution in [-0.2, 0) is 14.3 Å². The summed E-state index contributed by atoms with van der Waals surface area (Å²) in [7, 11) is 0. The minimum atomic E-state index is -0.824. The lowest BCUT2D eigenvalue weighted by Crippen LogP contribution is -2.37. The van der Waals surface area contributed by atoms with Crippen molar-refractivity contribution >= 4 is 41.0 Å². The molecule has 2 unspecified atom stereocenters. The third-order valence-corrected chi connectivity index (χ3v) is 7.15. The van der Waals surface area contributed by atoms with Crippen LogP contribution in [0.1, 0.15) is 49.9 Å². The van der Waals surface area contributed by atoms with E-state index in [9.17, 15) is 14.4 Å². The van der Waals surface area contributed by atoms with E-state index >= 15 is 0 Å². The summed E-state index contributed by atoms with van der Waals surface area (Å²) in [5.41, 5.74) is 0.939. The van der Waals surface area contributed by atoms with E-state index in [1.165, 1.54) is 0 Å². The Hall–Kier alpha value is -2.51. The molecule has 2 amide bonds. The maximum absolute atomic E-state index is 12.4. The van der Waals surface area contributed by atoms with Gasteiger partial charge in [-0.3, -0.25) is 14.4 Å². The fourth-order valence-corrected chi connectivity index (χ4v) is 4.39. The van der Waals surface area contributed by atoms with Gasteiger partial charge >= 0.3 is 5.97 Å². The van der Waals surface area contributed by atoms with Crippen LogP contribution < -0.4 is 15.4 Å². The summed E-state index contributed by atoms with van der Waals surface area (Å²) in [5, 5.41) is 5.16. The fourth-order valence-electron chi connectivity index (χ4n) is 4.06. The van der Waals surface area contributed by atoms with Gasteiger partial charge in [-0.15, -0.1) is 23.2 Å². The van der Waals surface area contributed by atoms with Crippen LogP contribution in [0.3, 0.4) is 0 Å². The molecule has 2 atom stereocenters. The number of allylic oxidation sites excluding steroid dienone is 2. The molecule has 0 heterocycles. The molecule has 1 fully saturated rings. The lowest BCUT2D eigenvalue weighted by atomic mass is 9.87. The molecule has 2 aliphatic carbocycles. The Labute approximate surface area is 216 Å². The van der Waals surface area contributed by atoms with E-state index in [1.807, 2.05) is 6.92 Å². The second-order valence-corrected chi connectivity index (χ2v) is 10.2. The van der Waals surface area contributed by atoms with Crippen molar-refractivity contribution in [3.63, 3.8) is 0 Å². The molecule has 190 valence electrons. The first-order chi connectivity index (χ1) is 16.7. The van der Waals surface area contributed by atoms with Crippen LogP contribution in [0.25, 0.3) is 0 Å². The van der Waals surface area contributed by atoms with Gasteiger partial charge in [0.15, 0.2) is 0 Å². The second kappa shape index (κ2) is 12.5. The minimum absolute atomic E-state index is 0.0416. The highest BCUT2D eigenvalue weighted by Crippen LogP contribution is 2.32. The minimum Gasteiger partial charge on any atom is -0.490 e. The third kappa shape index (κ3) is 7.74. The normalized spacial score (nSPS) is 25.8. The molecule has 2 N–H and O–H groups in total. The monoisotopic (exact) mass is 522 g/mol. The zero-order valence-corrected chi connectivity index (χ0v) is 21.5. The Morgan fingerprint density at radius 3 is 2.26 bits per heavy atom. The van der Waals surface area contributed by atoms with Crippen molar-refractivity contribution in [3.8, 4) is 5.75 Å². The van der Waals surface area contributed by atoms with E-state index in [4.69, 9.17) is 32.7 Å². The second-order valence-electron chi connectivity index (χ2n) is 8.89. The number of hydrogen-bond acceptors (Lipinski definition) is 5. The van der Waals surface area contributed by atoms with Crippen molar-refractivity contribution in [2.24, 2.45) is 5.92 Å². The number of rotatable bonds is 9. The quantitative estimate of drug-likeness (QED) is 0.289. The molecule has 1 saturated carbocycles. The number of benzene rings is 1. The van der Waals surface area contributed by atoms with E-state index < -0.39 is 4.87 Å². The Morgan fingerprint density at radius 1 is 1.03 bits per heavy atom. The zero-order chi connectivity index (χ0) is 25.4. The van der Waals surface area contributed by atoms with Crippen LogP contribution in [0.15, 0.2) is 48.1 Å². The number of amides is 2. The highest BCUT2D eigenvalue weighted by Gasteiger charge is 2.31. The largest absolute Gasteiger partial charge is 0.490 e. The predicted molar refractivity (Wildman–Crippen MR) is 136 cm³/mol. The summed E-state index contributed by atoms with van der Waals surface area (Å²) in [5.74, 6) is 0.0128. The summed E-state index contributed by atoms with van der Waals surface area (Å²) in [6, 6.07) is 6.94. The van der Waals surface area contributed by atoms with Crippen LogP contribution in [0.2, 0.25) is 0 Å². The Bertz CT molecular complexity index is 966. The molecule has 0 radical (unpaired) electrons. The van der Waals surface area contributed by atoms with Gasteiger partial charge in [0.05, 0.1) is 28.9 Å². The lowest BCUT2D eigenvalue weighted by Gasteiger charge is -2.27. The van der Waals surface area contributed by atoms with Gasteiger partial charge in [-0.05, 0) is 69.9 Å². The standard InChI is InChI=1S/C26H32Cl2N2O5/c1-3-34-25(33)18-6-11-21(12-7-18)35-20-9-4-17(5-10-20)23(31)29-14-15-30-24(32)19-8-13-22(27)26(2,28)16-19/h4-5,8-10,13,16,18,21-22H,3,6-7,11-12,14-15H2,1-2H3,(H,29,31)(H,30,32). The number of carbonyl (C=O) groups is 3. The van der Waals surface area contributed by atoms with Gasteiger partial charge in [-0.25, -0.2) is 0 Å². The van der Waals surface area contributed by atoms with Crippen LogP contribution in [-0.4, -0.2) is 53.8 Å². The van der Waals surface area contributed by atoms with Crippen molar-refractivity contribution in [1.82, 2.24) is 10.6 Å². The van der Waals surface area contributed by atoms with Crippen molar-refractivity contribution in [1.29, 1.82) is 0 Å². The van der Waals surface area contributed by atoms with Crippen LogP contribution >= 0.6 is 23.2 Å². The average molecular weight is 523 g/mol. The summed E-state index contributed by atoms with van der Waals surface area (Å²) < 4.78 is 11.1. The molecular weight excluding hydrogens is 491 g/mol. The molecule has 9 heteroatoms. The molecule has 0 aliphatic heterocycles. The molecule has 3 rings (SSSR count).